The number of hydrogen-bond donors (Lipinski definition) is 4. The van der Waals surface area contributed by atoms with Crippen LogP contribution in [-0.2, 0) is 19.5 Å². The molecule has 0 fully saturated rings. The minimum atomic E-state index is -0.754. The van der Waals surface area contributed by atoms with E-state index in [0.29, 0.717) is 42.6 Å². The van der Waals surface area contributed by atoms with E-state index in [1.807, 2.05) is 0 Å². The summed E-state index contributed by atoms with van der Waals surface area (Å²) < 4.78 is 5.25. The lowest BCUT2D eigenvalue weighted by molar-refractivity contribution is -0.386. The van der Waals surface area contributed by atoms with E-state index in [4.69, 9.17) is 25.2 Å². The molecule has 36 heavy (non-hydrogen) atoms. The Kier molecular flexibility index (Phi) is 12.1. The molecule has 0 aliphatic heterocycles. The third-order valence-electron chi connectivity index (χ3n) is 5.30. The van der Waals surface area contributed by atoms with Gasteiger partial charge in [0.2, 0.25) is 5.90 Å². The molecular weight excluding hydrogens is 472 g/mol. The molecule has 4 N–H and O–H groups in total. The monoisotopic (exact) mass is 504 g/mol. The molecule has 0 aliphatic carbocycles. The number of benzene rings is 2. The van der Waals surface area contributed by atoms with Crippen molar-refractivity contribution in [3.05, 3.63) is 69.8 Å². The molecule has 0 spiro atoms. The van der Waals surface area contributed by atoms with Crippen LogP contribution < -0.4 is 10.8 Å². The Balaban J connectivity index is 1.57. The van der Waals surface area contributed by atoms with Crippen LogP contribution in [-0.4, -0.2) is 28.7 Å². The number of amides is 1. The molecule has 0 saturated carbocycles. The quantitative estimate of drug-likeness (QED) is 0.0582. The number of rotatable bonds is 15. The topological polar surface area (TPSA) is 165 Å². The fourth-order valence-corrected chi connectivity index (χ4v) is 3.44. The van der Waals surface area contributed by atoms with Crippen LogP contribution in [0.15, 0.2) is 48.5 Å². The van der Waals surface area contributed by atoms with Crippen LogP contribution in [0.25, 0.3) is 0 Å². The van der Waals surface area contributed by atoms with Crippen molar-refractivity contribution in [1.82, 2.24) is 5.32 Å². The van der Waals surface area contributed by atoms with E-state index < -0.39 is 23.2 Å². The van der Waals surface area contributed by atoms with Crippen molar-refractivity contribution >= 4 is 23.4 Å². The number of ether oxygens (including phenoxy) is 1. The van der Waals surface area contributed by atoms with Gasteiger partial charge < -0.3 is 14.9 Å². The molecule has 196 valence electrons. The lowest BCUT2D eigenvalue weighted by atomic mass is 10.1. The van der Waals surface area contributed by atoms with E-state index in [0.717, 1.165) is 12.8 Å². The summed E-state index contributed by atoms with van der Waals surface area (Å²) in [6.45, 7) is 3.73. The van der Waals surface area contributed by atoms with E-state index >= 15 is 0 Å². The highest BCUT2D eigenvalue weighted by atomic mass is 17.2. The zero-order valence-corrected chi connectivity index (χ0v) is 20.3. The molecule has 1 amide bonds. The van der Waals surface area contributed by atoms with Crippen LogP contribution in [0.1, 0.15) is 69.3 Å². The molecule has 0 aromatic heterocycles. The predicted octanol–water partition coefficient (Wildman–Crippen LogP) is 5.84. The Morgan fingerprint density at radius 2 is 1.69 bits per heavy atom. The zero-order chi connectivity index (χ0) is 26.3. The molecule has 12 nitrogen and oxygen atoms in total. The lowest BCUT2D eigenvalue weighted by Crippen LogP contribution is -2.26. The second-order valence-corrected chi connectivity index (χ2v) is 7.98. The van der Waals surface area contributed by atoms with Gasteiger partial charge in [0.25, 0.3) is 5.69 Å². The first kappa shape index (κ1) is 28.5. The Morgan fingerprint density at radius 3 is 2.42 bits per heavy atom. The maximum absolute atomic E-state index is 12.0. The van der Waals surface area contributed by atoms with Gasteiger partial charge in [-0.15, -0.1) is 4.99 Å². The fourth-order valence-electron chi connectivity index (χ4n) is 3.44. The van der Waals surface area contributed by atoms with Crippen molar-refractivity contribution in [2.75, 3.05) is 12.0 Å². The van der Waals surface area contributed by atoms with Crippen molar-refractivity contribution in [2.45, 2.75) is 58.2 Å². The first-order chi connectivity index (χ1) is 17.3. The summed E-state index contributed by atoms with van der Waals surface area (Å²) in [6, 6.07) is 13.2. The normalized spacial score (nSPS) is 12.3. The highest BCUT2D eigenvalue weighted by Gasteiger charge is 2.21. The molecule has 12 heteroatoms. The molecule has 2 aromatic rings. The van der Waals surface area contributed by atoms with Crippen molar-refractivity contribution in [1.29, 1.82) is 5.41 Å². The van der Waals surface area contributed by atoms with Gasteiger partial charge in [-0.3, -0.25) is 15.5 Å². The number of carbonyl (C=O) groups excluding carboxylic acids is 1. The van der Waals surface area contributed by atoms with Crippen LogP contribution in [0.2, 0.25) is 0 Å². The van der Waals surface area contributed by atoms with Gasteiger partial charge in [0, 0.05) is 24.6 Å². The van der Waals surface area contributed by atoms with Crippen molar-refractivity contribution in [3.63, 3.8) is 0 Å². The first-order valence-electron chi connectivity index (χ1n) is 11.6. The van der Waals surface area contributed by atoms with Crippen molar-refractivity contribution in [2.24, 2.45) is 0 Å². The minimum absolute atomic E-state index is 0.00334. The minimum Gasteiger partial charge on any atom is -0.441 e. The molecule has 2 rings (SSSR count). The molecular formula is C24H32N4O8. The summed E-state index contributed by atoms with van der Waals surface area (Å²) in [7, 11) is 0. The number of hydrogen-bond acceptors (Lipinski definition) is 10. The number of anilines is 1. The zero-order valence-electron chi connectivity index (χ0n) is 20.3. The predicted molar refractivity (Wildman–Crippen MR) is 131 cm³/mol. The number of unbranched alkanes of at least 4 members (excludes halogenated alkanes) is 3. The van der Waals surface area contributed by atoms with Crippen LogP contribution >= 0.6 is 0 Å². The van der Waals surface area contributed by atoms with E-state index in [1.54, 1.807) is 56.3 Å². The maximum Gasteiger partial charge on any atom is 0.407 e. The molecule has 0 aliphatic rings. The molecule has 0 saturated heterocycles. The van der Waals surface area contributed by atoms with E-state index in [-0.39, 0.29) is 11.6 Å². The summed E-state index contributed by atoms with van der Waals surface area (Å²) in [4.78, 5) is 36.9. The largest absolute Gasteiger partial charge is 0.441 e. The third-order valence-corrected chi connectivity index (χ3v) is 5.30. The van der Waals surface area contributed by atoms with Crippen LogP contribution in [0.5, 0.6) is 0 Å². The number of nitro benzene ring substituents is 1. The van der Waals surface area contributed by atoms with Crippen molar-refractivity contribution in [3.8, 4) is 0 Å². The van der Waals surface area contributed by atoms with Gasteiger partial charge in [-0.2, -0.15) is 4.89 Å². The number of nitro groups is 1. The third kappa shape index (κ3) is 9.49. The average molecular weight is 505 g/mol. The number of nitrogens with zero attached hydrogens (tertiary/aromatic N) is 1. The Hall–Kier alpha value is -3.74. The molecule has 2 aromatic carbocycles. The molecule has 0 heterocycles. The number of alkyl carbamates (subject to hydrolysis) is 1. The van der Waals surface area contributed by atoms with Gasteiger partial charge in [0.05, 0.1) is 16.2 Å². The lowest BCUT2D eigenvalue weighted by Gasteiger charge is -2.16. The van der Waals surface area contributed by atoms with Gasteiger partial charge in [-0.1, -0.05) is 43.2 Å². The SMILES string of the molecule is CC(OOC(=N)CCCCCCNC(=O)OC(C)c1ccccc1[N+](=O)[O-])c1ccccc1NOO. The summed E-state index contributed by atoms with van der Waals surface area (Å²) in [5.41, 5.74) is 3.77. The second-order valence-electron chi connectivity index (χ2n) is 7.98. The average Bonchev–Trinajstić information content (AvgIpc) is 2.87. The summed E-state index contributed by atoms with van der Waals surface area (Å²) >= 11 is 0. The highest BCUT2D eigenvalue weighted by Crippen LogP contribution is 2.27. The number of carbonyl (C=O) groups is 1. The molecule has 0 bridgehead atoms. The fraction of sp³-hybridized carbons (Fsp3) is 0.417. The standard InChI is InChI=1S/C24H32N4O8/c1-17(20-12-7-9-14-22(20)28(30)31)33-24(29)26-16-10-4-3-5-15-23(25)35-34-18(2)19-11-6-8-13-21(19)27-36-32/h6-9,11-14,17-18,25,27,32H,3-5,10,15-16H2,1-2H3,(H,26,29). The Labute approximate surface area is 209 Å². The highest BCUT2D eigenvalue weighted by molar-refractivity contribution is 5.71. The molecule has 0 radical (unpaired) electrons. The van der Waals surface area contributed by atoms with Gasteiger partial charge >= 0.3 is 6.09 Å². The summed E-state index contributed by atoms with van der Waals surface area (Å²) in [6.07, 6.45) is 1.58. The van der Waals surface area contributed by atoms with Gasteiger partial charge in [0.15, 0.2) is 0 Å². The van der Waals surface area contributed by atoms with Crippen LogP contribution in [0.3, 0.4) is 0 Å². The summed E-state index contributed by atoms with van der Waals surface area (Å²) in [5, 5.41) is 30.2. The van der Waals surface area contributed by atoms with E-state index in [1.165, 1.54) is 6.07 Å². The molecule has 2 atom stereocenters. The second kappa shape index (κ2) is 15.3. The summed E-state index contributed by atoms with van der Waals surface area (Å²) in [5.74, 6) is -0.00334. The van der Waals surface area contributed by atoms with Crippen molar-refractivity contribution < 1.29 is 34.5 Å². The smallest absolute Gasteiger partial charge is 0.407 e. The van der Waals surface area contributed by atoms with Gasteiger partial charge in [-0.25, -0.2) is 15.5 Å². The Morgan fingerprint density at radius 1 is 1.03 bits per heavy atom. The van der Waals surface area contributed by atoms with Gasteiger partial charge in [-0.05, 0) is 38.8 Å². The maximum atomic E-state index is 12.0. The number of para-hydroxylation sites is 2. The van der Waals surface area contributed by atoms with E-state index in [9.17, 15) is 14.9 Å². The van der Waals surface area contributed by atoms with Gasteiger partial charge in [0.1, 0.15) is 12.2 Å². The van der Waals surface area contributed by atoms with Crippen LogP contribution in [0.4, 0.5) is 16.2 Å². The first-order valence-corrected chi connectivity index (χ1v) is 11.6. The Bertz CT molecular complexity index is 1000. The van der Waals surface area contributed by atoms with E-state index in [2.05, 4.69) is 15.8 Å². The number of nitrogens with one attached hydrogen (secondary N) is 3. The van der Waals surface area contributed by atoms with Crippen LogP contribution in [0, 0.1) is 15.5 Å². The molecule has 2 unspecified atom stereocenters.